The smallest absolute Gasteiger partial charge is 0.160 e. The summed E-state index contributed by atoms with van der Waals surface area (Å²) >= 11 is 0. The van der Waals surface area contributed by atoms with Gasteiger partial charge < -0.3 is 4.40 Å². The van der Waals surface area contributed by atoms with Crippen LogP contribution in [0.4, 0.5) is 0 Å². The quantitative estimate of drug-likeness (QED) is 0.190. The van der Waals surface area contributed by atoms with Gasteiger partial charge in [0.15, 0.2) is 5.82 Å². The van der Waals surface area contributed by atoms with Crippen LogP contribution < -0.4 is 0 Å². The maximum Gasteiger partial charge on any atom is 0.160 e. The van der Waals surface area contributed by atoms with Gasteiger partial charge >= 0.3 is 0 Å². The summed E-state index contributed by atoms with van der Waals surface area (Å²) in [4.78, 5) is 15.6. The molecule has 0 saturated heterocycles. The van der Waals surface area contributed by atoms with Crippen LogP contribution in [0.1, 0.15) is 35.1 Å². The van der Waals surface area contributed by atoms with Gasteiger partial charge in [-0.05, 0) is 81.6 Å². The molecule has 0 bridgehead atoms. The highest BCUT2D eigenvalue weighted by molar-refractivity contribution is 5.96. The van der Waals surface area contributed by atoms with E-state index in [1.54, 1.807) is 0 Å². The molecular weight excluding hydrogens is 621 g/mol. The van der Waals surface area contributed by atoms with Crippen molar-refractivity contribution in [2.75, 3.05) is 0 Å². The van der Waals surface area contributed by atoms with E-state index >= 15 is 0 Å². The molecule has 11 rings (SSSR count). The Balaban J connectivity index is 1.02. The Kier molecular flexibility index (Phi) is 6.17. The van der Waals surface area contributed by atoms with Gasteiger partial charge in [-0.3, -0.25) is 0 Å². The number of para-hydroxylation sites is 1. The van der Waals surface area contributed by atoms with Gasteiger partial charge in [-0.15, -0.1) is 0 Å². The fourth-order valence-electron chi connectivity index (χ4n) is 8.61. The first-order chi connectivity index (χ1) is 25.3. The van der Waals surface area contributed by atoms with Crippen molar-refractivity contribution in [3.05, 3.63) is 181 Å². The Labute approximate surface area is 295 Å². The number of aromatic nitrogens is 4. The second-order valence-electron chi connectivity index (χ2n) is 14.0. The summed E-state index contributed by atoms with van der Waals surface area (Å²) in [5.74, 6) is 2.06. The van der Waals surface area contributed by atoms with E-state index in [0.717, 1.165) is 50.5 Å². The zero-order valence-electron chi connectivity index (χ0n) is 27.8. The molecule has 4 nitrogen and oxygen atoms in total. The largest absolute Gasteiger partial charge is 0.303 e. The predicted molar refractivity (Wildman–Crippen MR) is 207 cm³/mol. The first-order valence-corrected chi connectivity index (χ1v) is 17.8. The van der Waals surface area contributed by atoms with E-state index < -0.39 is 0 Å². The molecule has 6 aromatic carbocycles. The van der Waals surface area contributed by atoms with E-state index in [2.05, 4.69) is 168 Å². The van der Waals surface area contributed by atoms with E-state index in [4.69, 9.17) is 15.0 Å². The summed E-state index contributed by atoms with van der Waals surface area (Å²) in [7, 11) is 0. The van der Waals surface area contributed by atoms with E-state index in [-0.39, 0.29) is 5.92 Å². The molecule has 1 fully saturated rings. The van der Waals surface area contributed by atoms with Crippen LogP contribution in [0.2, 0.25) is 0 Å². The van der Waals surface area contributed by atoms with E-state index in [9.17, 15) is 0 Å². The van der Waals surface area contributed by atoms with Gasteiger partial charge in [0, 0.05) is 34.2 Å². The standard InChI is InChI=1S/C47H32N4/c1-2-12-30-26-34(23-22-29(30)11-1)44-38-19-5-6-20-41(38)48-47(50-44)35-16-10-14-32(27-35)31-13-9-15-33(25-31)43-40-28-39(40)36-17-3-4-18-37(36)45-46(43)51-24-8-7-21-42(51)49-45/h1-27,39-40,43H,28H2. The minimum atomic E-state index is 0.242. The first kappa shape index (κ1) is 28.4. The molecule has 51 heavy (non-hydrogen) atoms. The van der Waals surface area contributed by atoms with Crippen LogP contribution in [0.3, 0.4) is 0 Å². The first-order valence-electron chi connectivity index (χ1n) is 17.8. The maximum absolute atomic E-state index is 5.25. The second kappa shape index (κ2) is 11.1. The molecule has 0 radical (unpaired) electrons. The summed E-state index contributed by atoms with van der Waals surface area (Å²) < 4.78 is 2.33. The van der Waals surface area contributed by atoms with Crippen LogP contribution in [0.25, 0.3) is 72.4 Å². The lowest BCUT2D eigenvalue weighted by atomic mass is 9.87. The van der Waals surface area contributed by atoms with Crippen molar-refractivity contribution >= 4 is 27.3 Å². The number of fused-ring (bicyclic) bond motifs is 9. The third-order valence-corrected chi connectivity index (χ3v) is 11.1. The number of rotatable bonds is 4. The number of pyridine rings is 1. The number of hydrogen-bond donors (Lipinski definition) is 0. The van der Waals surface area contributed by atoms with Crippen LogP contribution in [-0.2, 0) is 0 Å². The zero-order chi connectivity index (χ0) is 33.5. The van der Waals surface area contributed by atoms with Crippen LogP contribution in [0, 0.1) is 5.92 Å². The summed E-state index contributed by atoms with van der Waals surface area (Å²) in [5, 5.41) is 3.47. The summed E-state index contributed by atoms with van der Waals surface area (Å²) in [6.45, 7) is 0. The van der Waals surface area contributed by atoms with Crippen molar-refractivity contribution in [1.29, 1.82) is 0 Å². The van der Waals surface area contributed by atoms with E-state index in [1.165, 1.54) is 45.1 Å². The number of benzene rings is 6. The Morgan fingerprint density at radius 1 is 0.529 bits per heavy atom. The van der Waals surface area contributed by atoms with Crippen molar-refractivity contribution in [1.82, 2.24) is 19.4 Å². The van der Waals surface area contributed by atoms with Crippen molar-refractivity contribution in [2.45, 2.75) is 18.3 Å². The van der Waals surface area contributed by atoms with Gasteiger partial charge in [0.2, 0.25) is 0 Å². The molecule has 3 unspecified atom stereocenters. The molecule has 3 heterocycles. The highest BCUT2D eigenvalue weighted by Crippen LogP contribution is 2.62. The molecule has 9 aromatic rings. The van der Waals surface area contributed by atoms with E-state index in [1.807, 2.05) is 0 Å². The van der Waals surface area contributed by atoms with E-state index in [0.29, 0.717) is 11.8 Å². The highest BCUT2D eigenvalue weighted by atomic mass is 15.0. The Morgan fingerprint density at radius 2 is 1.31 bits per heavy atom. The lowest BCUT2D eigenvalue weighted by molar-refractivity contribution is 0.664. The number of nitrogens with zero attached hydrogens (tertiary/aromatic N) is 4. The van der Waals surface area contributed by atoms with Gasteiger partial charge in [-0.25, -0.2) is 15.0 Å². The summed E-state index contributed by atoms with van der Waals surface area (Å²) in [6.07, 6.45) is 3.38. The number of hydrogen-bond acceptors (Lipinski definition) is 3. The van der Waals surface area contributed by atoms with Crippen molar-refractivity contribution < 1.29 is 0 Å². The lowest BCUT2D eigenvalue weighted by Crippen LogP contribution is -2.08. The maximum atomic E-state index is 5.25. The van der Waals surface area contributed by atoms with Gasteiger partial charge in [-0.1, -0.05) is 127 Å². The second-order valence-corrected chi connectivity index (χ2v) is 14.0. The third-order valence-electron chi connectivity index (χ3n) is 11.1. The molecule has 1 saturated carbocycles. The van der Waals surface area contributed by atoms with Crippen LogP contribution in [-0.4, -0.2) is 19.4 Å². The molecule has 3 atom stereocenters. The highest BCUT2D eigenvalue weighted by Gasteiger charge is 2.50. The summed E-state index contributed by atoms with van der Waals surface area (Å²) in [6, 6.07) is 56.5. The van der Waals surface area contributed by atoms with Crippen LogP contribution >= 0.6 is 0 Å². The number of imidazole rings is 1. The van der Waals surface area contributed by atoms with Crippen LogP contribution in [0.5, 0.6) is 0 Å². The molecule has 2 aliphatic carbocycles. The fraction of sp³-hybridized carbons (Fsp3) is 0.0851. The molecule has 0 amide bonds. The van der Waals surface area contributed by atoms with Gasteiger partial charge in [0.05, 0.1) is 22.6 Å². The SMILES string of the molecule is c1cc(-c2cccc(C3c4c(nc5ccccn45)-c4ccccc4C4CC43)c2)cc(-c2nc(-c3ccc4ccccc4c3)c3ccccc3n2)c1. The van der Waals surface area contributed by atoms with Crippen molar-refractivity contribution in [2.24, 2.45) is 5.92 Å². The Hall–Kier alpha value is -6.39. The van der Waals surface area contributed by atoms with Crippen molar-refractivity contribution in [3.8, 4) is 45.0 Å². The molecule has 240 valence electrons. The van der Waals surface area contributed by atoms with Gasteiger partial charge in [0.1, 0.15) is 5.65 Å². The average molecular weight is 653 g/mol. The molecule has 0 spiro atoms. The topological polar surface area (TPSA) is 43.1 Å². The van der Waals surface area contributed by atoms with Gasteiger partial charge in [0.25, 0.3) is 0 Å². The molecule has 4 heteroatoms. The van der Waals surface area contributed by atoms with Gasteiger partial charge in [-0.2, -0.15) is 0 Å². The minimum Gasteiger partial charge on any atom is -0.303 e. The monoisotopic (exact) mass is 652 g/mol. The molecule has 3 aromatic heterocycles. The molecular formula is C47H32N4. The molecule has 2 aliphatic rings. The zero-order valence-corrected chi connectivity index (χ0v) is 27.8. The minimum absolute atomic E-state index is 0.242. The van der Waals surface area contributed by atoms with Crippen LogP contribution in [0.15, 0.2) is 164 Å². The fourth-order valence-corrected chi connectivity index (χ4v) is 8.61. The third kappa shape index (κ3) is 4.56. The molecule has 0 N–H and O–H groups in total. The predicted octanol–water partition coefficient (Wildman–Crippen LogP) is 11.3. The lowest BCUT2D eigenvalue weighted by Gasteiger charge is -2.19. The average Bonchev–Trinajstić information content (AvgIpc) is 3.91. The normalized spacial score (nSPS) is 17.5. The van der Waals surface area contributed by atoms with Crippen molar-refractivity contribution in [3.63, 3.8) is 0 Å². The summed E-state index contributed by atoms with van der Waals surface area (Å²) in [5.41, 5.74) is 13.8. The molecule has 0 aliphatic heterocycles. The Bertz CT molecular complexity index is 2830. The Morgan fingerprint density at radius 3 is 2.27 bits per heavy atom.